The van der Waals surface area contributed by atoms with Gasteiger partial charge in [-0.1, -0.05) is 182 Å². The van der Waals surface area contributed by atoms with Crippen LogP contribution in [0.5, 0.6) is 0 Å². The molecule has 0 fully saturated rings. The Morgan fingerprint density at radius 1 is 0.196 bits per heavy atom. The summed E-state index contributed by atoms with van der Waals surface area (Å²) >= 11 is 0. The molecule has 0 saturated heterocycles. The maximum absolute atomic E-state index is 14.7. The van der Waals surface area contributed by atoms with Gasteiger partial charge in [0, 0.05) is 0 Å². The minimum atomic E-state index is -0.285. The minimum absolute atomic E-state index is 0.285. The van der Waals surface area contributed by atoms with Crippen LogP contribution in [0.3, 0.4) is 0 Å². The molecule has 264 valence electrons. The van der Waals surface area contributed by atoms with Crippen LogP contribution in [-0.2, 0) is 0 Å². The summed E-state index contributed by atoms with van der Waals surface area (Å²) in [6, 6.07) is 69.3. The Balaban J connectivity index is 1.41. The van der Waals surface area contributed by atoms with Crippen LogP contribution in [0.15, 0.2) is 206 Å². The molecular weight excluding hydrogens is 687 g/mol. The van der Waals surface area contributed by atoms with Gasteiger partial charge in [0.2, 0.25) is 0 Å². The van der Waals surface area contributed by atoms with E-state index in [1.807, 2.05) is 36.4 Å². The van der Waals surface area contributed by atoms with Gasteiger partial charge in [-0.05, 0) is 123 Å². The summed E-state index contributed by atoms with van der Waals surface area (Å²) in [5.41, 5.74) is 12.8. The first kappa shape index (κ1) is 33.4. The highest BCUT2D eigenvalue weighted by Gasteiger charge is 2.26. The van der Waals surface area contributed by atoms with Crippen molar-refractivity contribution in [3.8, 4) is 66.8 Å². The lowest BCUT2D eigenvalue weighted by Crippen LogP contribution is -1.98. The van der Waals surface area contributed by atoms with Crippen LogP contribution in [0.1, 0.15) is 0 Å². The van der Waals surface area contributed by atoms with Gasteiger partial charge in [0.05, 0.1) is 0 Å². The number of benzene rings is 10. The number of fused-ring (bicyclic) bond motifs is 3. The Kier molecular flexibility index (Phi) is 8.30. The van der Waals surface area contributed by atoms with Gasteiger partial charge in [-0.3, -0.25) is 0 Å². The van der Waals surface area contributed by atoms with E-state index in [9.17, 15) is 8.78 Å². The Morgan fingerprint density at radius 3 is 0.696 bits per heavy atom. The molecule has 0 amide bonds. The van der Waals surface area contributed by atoms with Crippen LogP contribution in [-0.4, -0.2) is 0 Å². The predicted octanol–water partition coefficient (Wildman–Crippen LogP) is 15.4. The molecule has 0 aliphatic rings. The van der Waals surface area contributed by atoms with E-state index < -0.39 is 0 Å². The van der Waals surface area contributed by atoms with Crippen molar-refractivity contribution in [3.05, 3.63) is 218 Å². The molecular formula is C54H34F2. The van der Waals surface area contributed by atoms with Crippen LogP contribution in [0.25, 0.3) is 99.1 Å². The highest BCUT2D eigenvalue weighted by atomic mass is 19.1. The fourth-order valence-corrected chi connectivity index (χ4v) is 8.48. The van der Waals surface area contributed by atoms with Crippen molar-refractivity contribution in [2.24, 2.45) is 0 Å². The normalized spacial score (nSPS) is 11.4. The number of rotatable bonds is 6. The summed E-state index contributed by atoms with van der Waals surface area (Å²) in [5.74, 6) is -0.571. The van der Waals surface area contributed by atoms with E-state index in [-0.39, 0.29) is 11.6 Å². The smallest absolute Gasteiger partial charge is 0.123 e. The Labute approximate surface area is 324 Å². The van der Waals surface area contributed by atoms with E-state index in [2.05, 4.69) is 146 Å². The molecule has 0 heterocycles. The number of hydrogen-bond donors (Lipinski definition) is 0. The van der Waals surface area contributed by atoms with E-state index in [0.717, 1.165) is 99.1 Å². The lowest BCUT2D eigenvalue weighted by molar-refractivity contribution is 0.627. The van der Waals surface area contributed by atoms with E-state index in [4.69, 9.17) is 0 Å². The quantitative estimate of drug-likeness (QED) is 0.150. The van der Waals surface area contributed by atoms with Crippen LogP contribution in [0.4, 0.5) is 8.78 Å². The highest BCUT2D eigenvalue weighted by Crippen LogP contribution is 2.53. The average molecular weight is 721 g/mol. The Morgan fingerprint density at radius 2 is 0.411 bits per heavy atom. The van der Waals surface area contributed by atoms with Gasteiger partial charge in [-0.25, -0.2) is 8.78 Å². The van der Waals surface area contributed by atoms with Crippen LogP contribution >= 0.6 is 0 Å². The van der Waals surface area contributed by atoms with Crippen LogP contribution in [0, 0.1) is 11.6 Å². The zero-order chi connectivity index (χ0) is 37.6. The number of hydrogen-bond acceptors (Lipinski definition) is 0. The summed E-state index contributed by atoms with van der Waals surface area (Å²) in [5, 5.41) is 6.41. The molecule has 0 unspecified atom stereocenters. The molecule has 0 aliphatic carbocycles. The van der Waals surface area contributed by atoms with E-state index in [0.29, 0.717) is 0 Å². The zero-order valence-electron chi connectivity index (χ0n) is 30.4. The van der Waals surface area contributed by atoms with Gasteiger partial charge in [0.15, 0.2) is 0 Å². The van der Waals surface area contributed by atoms with Crippen LogP contribution in [0.2, 0.25) is 0 Å². The monoisotopic (exact) mass is 720 g/mol. The third-order valence-electron chi connectivity index (χ3n) is 11.0. The Hall–Kier alpha value is -7.16. The molecule has 0 bridgehead atoms. The standard InChI is InChI=1S/C54H34F2/c55-43-31-27-41(28-32-43)51-48-18-10-8-16-46(48)50(40-25-21-38(22-26-40)36-13-5-2-6-14-36)54-52(42-29-33-44(56)34-30-42)47-17-9-7-15-45(47)49(53(51)54)39-23-19-37(20-24-39)35-11-3-1-4-12-35/h1-34H. The van der Waals surface area contributed by atoms with E-state index >= 15 is 0 Å². The summed E-state index contributed by atoms with van der Waals surface area (Å²) in [7, 11) is 0. The molecule has 0 aromatic heterocycles. The molecule has 56 heavy (non-hydrogen) atoms. The third kappa shape index (κ3) is 5.75. The van der Waals surface area contributed by atoms with Gasteiger partial charge >= 0.3 is 0 Å². The van der Waals surface area contributed by atoms with Crippen molar-refractivity contribution in [3.63, 3.8) is 0 Å². The van der Waals surface area contributed by atoms with Gasteiger partial charge in [0.25, 0.3) is 0 Å². The van der Waals surface area contributed by atoms with Crippen molar-refractivity contribution >= 4 is 32.3 Å². The third-order valence-corrected chi connectivity index (χ3v) is 11.0. The van der Waals surface area contributed by atoms with E-state index in [1.165, 1.54) is 0 Å². The lowest BCUT2D eigenvalue weighted by atomic mass is 9.77. The first-order valence-corrected chi connectivity index (χ1v) is 18.9. The zero-order valence-corrected chi connectivity index (χ0v) is 30.4. The molecule has 0 atom stereocenters. The fourth-order valence-electron chi connectivity index (χ4n) is 8.48. The van der Waals surface area contributed by atoms with E-state index in [1.54, 1.807) is 24.3 Å². The maximum atomic E-state index is 14.7. The fraction of sp³-hybridized carbons (Fsp3) is 0. The molecule has 10 aromatic rings. The first-order valence-electron chi connectivity index (χ1n) is 18.9. The molecule has 2 heteroatoms. The number of halogens is 2. The largest absolute Gasteiger partial charge is 0.207 e. The van der Waals surface area contributed by atoms with Gasteiger partial charge in [-0.2, -0.15) is 0 Å². The second-order valence-corrected chi connectivity index (χ2v) is 14.2. The van der Waals surface area contributed by atoms with Gasteiger partial charge < -0.3 is 0 Å². The molecule has 0 nitrogen and oxygen atoms in total. The molecule has 10 aromatic carbocycles. The Bertz CT molecular complexity index is 2810. The topological polar surface area (TPSA) is 0 Å². The van der Waals surface area contributed by atoms with Crippen molar-refractivity contribution < 1.29 is 8.78 Å². The first-order chi connectivity index (χ1) is 27.6. The molecule has 0 saturated carbocycles. The summed E-state index contributed by atoms with van der Waals surface area (Å²) in [4.78, 5) is 0. The summed E-state index contributed by atoms with van der Waals surface area (Å²) < 4.78 is 29.4. The van der Waals surface area contributed by atoms with Crippen molar-refractivity contribution in [1.82, 2.24) is 0 Å². The van der Waals surface area contributed by atoms with Crippen molar-refractivity contribution in [2.75, 3.05) is 0 Å². The summed E-state index contributed by atoms with van der Waals surface area (Å²) in [6.07, 6.45) is 0. The van der Waals surface area contributed by atoms with Gasteiger partial charge in [0.1, 0.15) is 11.6 Å². The molecule has 0 radical (unpaired) electrons. The minimum Gasteiger partial charge on any atom is -0.207 e. The van der Waals surface area contributed by atoms with Crippen LogP contribution < -0.4 is 0 Å². The van der Waals surface area contributed by atoms with Gasteiger partial charge in [-0.15, -0.1) is 0 Å². The SMILES string of the molecule is Fc1ccc(-c2c3ccccc3c(-c3ccc(-c4ccccc4)cc3)c3c(-c4ccc(F)cc4)c4ccccc4c(-c4ccc(-c5ccccc5)cc4)c23)cc1. The second kappa shape index (κ2) is 13.9. The highest BCUT2D eigenvalue weighted by molar-refractivity contribution is 6.33. The molecule has 0 N–H and O–H groups in total. The predicted molar refractivity (Wildman–Crippen MR) is 231 cm³/mol. The maximum Gasteiger partial charge on any atom is 0.123 e. The average Bonchev–Trinajstić information content (AvgIpc) is 3.26. The lowest BCUT2D eigenvalue weighted by Gasteiger charge is -2.25. The molecule has 10 rings (SSSR count). The van der Waals surface area contributed by atoms with Crippen molar-refractivity contribution in [2.45, 2.75) is 0 Å². The molecule has 0 spiro atoms. The van der Waals surface area contributed by atoms with Crippen molar-refractivity contribution in [1.29, 1.82) is 0 Å². The second-order valence-electron chi connectivity index (χ2n) is 14.2. The summed E-state index contributed by atoms with van der Waals surface area (Å²) in [6.45, 7) is 0. The molecule has 0 aliphatic heterocycles.